The summed E-state index contributed by atoms with van der Waals surface area (Å²) in [7, 11) is 3.09. The minimum atomic E-state index is -1.06. The Balaban J connectivity index is 2.17. The van der Waals surface area contributed by atoms with Gasteiger partial charge < -0.3 is 29.2 Å². The molecule has 2 rings (SSSR count). The van der Waals surface area contributed by atoms with Crippen molar-refractivity contribution in [3.8, 4) is 23.0 Å². The maximum absolute atomic E-state index is 10.7. The summed E-state index contributed by atoms with van der Waals surface area (Å²) in [5.41, 5.74) is 0.559. The van der Waals surface area contributed by atoms with E-state index in [-0.39, 0.29) is 6.61 Å². The van der Waals surface area contributed by atoms with Crippen molar-refractivity contribution in [2.75, 3.05) is 27.4 Å². The van der Waals surface area contributed by atoms with E-state index in [1.54, 1.807) is 43.5 Å². The number of aliphatic hydroxyl groups is 2. The van der Waals surface area contributed by atoms with E-state index >= 15 is 0 Å². The van der Waals surface area contributed by atoms with Gasteiger partial charge in [-0.3, -0.25) is 0 Å². The van der Waals surface area contributed by atoms with Crippen LogP contribution in [0.25, 0.3) is 0 Å². The zero-order valence-corrected chi connectivity index (χ0v) is 16.1. The van der Waals surface area contributed by atoms with Crippen LogP contribution >= 0.6 is 0 Å². The number of rotatable bonds is 11. The van der Waals surface area contributed by atoms with E-state index in [0.29, 0.717) is 35.2 Å². The molecule has 0 aliphatic carbocycles. The van der Waals surface area contributed by atoms with E-state index in [1.807, 2.05) is 6.07 Å². The highest BCUT2D eigenvalue weighted by molar-refractivity contribution is 5.44. The van der Waals surface area contributed by atoms with Crippen LogP contribution in [0.4, 0.5) is 0 Å². The van der Waals surface area contributed by atoms with E-state index in [9.17, 15) is 10.2 Å². The maximum atomic E-state index is 10.7. The van der Waals surface area contributed by atoms with Gasteiger partial charge in [0.15, 0.2) is 29.1 Å². The molecule has 0 fully saturated rings. The monoisotopic (exact) mass is 376 g/mol. The number of hydrogen-bond acceptors (Lipinski definition) is 6. The highest BCUT2D eigenvalue weighted by atomic mass is 16.5. The summed E-state index contributed by atoms with van der Waals surface area (Å²) >= 11 is 0. The van der Waals surface area contributed by atoms with Gasteiger partial charge in [-0.2, -0.15) is 0 Å². The molecule has 0 saturated carbocycles. The Morgan fingerprint density at radius 2 is 1.63 bits per heavy atom. The average Bonchev–Trinajstić information content (AvgIpc) is 2.72. The van der Waals surface area contributed by atoms with Gasteiger partial charge in [-0.15, -0.1) is 0 Å². The highest BCUT2D eigenvalue weighted by Crippen LogP contribution is 2.34. The molecule has 148 valence electrons. The van der Waals surface area contributed by atoms with Gasteiger partial charge in [0.1, 0.15) is 6.10 Å². The van der Waals surface area contributed by atoms with Gasteiger partial charge in [0.05, 0.1) is 27.4 Å². The standard InChI is InChI=1S/C21H28O6/c1-4-5-12-26-17-11-10-15(13-19(17)25-3)21(23)20(14-22)27-18-9-7-6-8-16(18)24-2/h6-11,13,20-23H,4-5,12,14H2,1-3H3. The first-order valence-electron chi connectivity index (χ1n) is 9.03. The quantitative estimate of drug-likeness (QED) is 0.586. The van der Waals surface area contributed by atoms with E-state index in [0.717, 1.165) is 12.8 Å². The van der Waals surface area contributed by atoms with Crippen LogP contribution in [0.5, 0.6) is 23.0 Å². The third-order valence-electron chi connectivity index (χ3n) is 4.16. The molecule has 2 N–H and O–H groups in total. The summed E-state index contributed by atoms with van der Waals surface area (Å²) in [5, 5.41) is 20.4. The Morgan fingerprint density at radius 1 is 0.926 bits per heavy atom. The fraction of sp³-hybridized carbons (Fsp3) is 0.429. The van der Waals surface area contributed by atoms with E-state index < -0.39 is 12.2 Å². The van der Waals surface area contributed by atoms with Gasteiger partial charge in [-0.05, 0) is 36.2 Å². The Morgan fingerprint density at radius 3 is 2.26 bits per heavy atom. The molecule has 0 saturated heterocycles. The van der Waals surface area contributed by atoms with Crippen molar-refractivity contribution in [3.63, 3.8) is 0 Å². The van der Waals surface area contributed by atoms with Gasteiger partial charge in [0, 0.05) is 0 Å². The molecule has 0 radical (unpaired) electrons. The molecule has 2 unspecified atom stereocenters. The normalized spacial score (nSPS) is 12.9. The topological polar surface area (TPSA) is 77.4 Å². The summed E-state index contributed by atoms with van der Waals surface area (Å²) in [6, 6.07) is 12.3. The van der Waals surface area contributed by atoms with Crippen LogP contribution in [0.1, 0.15) is 31.4 Å². The van der Waals surface area contributed by atoms with Crippen LogP contribution in [-0.2, 0) is 0 Å². The molecule has 2 atom stereocenters. The van der Waals surface area contributed by atoms with Crippen LogP contribution in [0.15, 0.2) is 42.5 Å². The Labute approximate surface area is 160 Å². The van der Waals surface area contributed by atoms with Gasteiger partial charge in [-0.25, -0.2) is 0 Å². The minimum absolute atomic E-state index is 0.365. The average molecular weight is 376 g/mol. The second kappa shape index (κ2) is 10.6. The number of aliphatic hydroxyl groups excluding tert-OH is 2. The summed E-state index contributed by atoms with van der Waals surface area (Å²) in [6.45, 7) is 2.33. The zero-order valence-electron chi connectivity index (χ0n) is 16.1. The molecule has 0 aliphatic heterocycles. The van der Waals surface area contributed by atoms with Crippen LogP contribution < -0.4 is 18.9 Å². The second-order valence-corrected chi connectivity index (χ2v) is 6.05. The van der Waals surface area contributed by atoms with Crippen molar-refractivity contribution in [1.82, 2.24) is 0 Å². The van der Waals surface area contributed by atoms with Crippen LogP contribution in [-0.4, -0.2) is 43.8 Å². The molecule has 0 bridgehead atoms. The summed E-state index contributed by atoms with van der Waals surface area (Å²) < 4.78 is 22.1. The van der Waals surface area contributed by atoms with Crippen molar-refractivity contribution in [3.05, 3.63) is 48.0 Å². The molecule has 0 aromatic heterocycles. The first kappa shape index (κ1) is 20.9. The van der Waals surface area contributed by atoms with Gasteiger partial charge >= 0.3 is 0 Å². The van der Waals surface area contributed by atoms with Gasteiger partial charge in [-0.1, -0.05) is 31.5 Å². The van der Waals surface area contributed by atoms with Crippen LogP contribution in [0.2, 0.25) is 0 Å². The summed E-state index contributed by atoms with van der Waals surface area (Å²) in [6.07, 6.45) is 0.0705. The molecule has 2 aromatic carbocycles. The number of ether oxygens (including phenoxy) is 4. The zero-order chi connectivity index (χ0) is 19.6. The molecular formula is C21H28O6. The third-order valence-corrected chi connectivity index (χ3v) is 4.16. The number of unbranched alkanes of at least 4 members (excludes halogenated alkanes) is 1. The number of methoxy groups -OCH3 is 2. The fourth-order valence-electron chi connectivity index (χ4n) is 2.61. The van der Waals surface area contributed by atoms with E-state index in [4.69, 9.17) is 18.9 Å². The van der Waals surface area contributed by atoms with Crippen molar-refractivity contribution < 1.29 is 29.2 Å². The lowest BCUT2D eigenvalue weighted by molar-refractivity contribution is -0.000521. The smallest absolute Gasteiger partial charge is 0.161 e. The first-order valence-corrected chi connectivity index (χ1v) is 9.03. The van der Waals surface area contributed by atoms with Crippen molar-refractivity contribution in [2.45, 2.75) is 32.0 Å². The highest BCUT2D eigenvalue weighted by Gasteiger charge is 2.24. The van der Waals surface area contributed by atoms with E-state index in [1.165, 1.54) is 7.11 Å². The molecule has 0 spiro atoms. The molecule has 27 heavy (non-hydrogen) atoms. The van der Waals surface area contributed by atoms with Crippen LogP contribution in [0.3, 0.4) is 0 Å². The largest absolute Gasteiger partial charge is 0.493 e. The molecule has 0 aliphatic rings. The van der Waals surface area contributed by atoms with Crippen molar-refractivity contribution in [2.24, 2.45) is 0 Å². The van der Waals surface area contributed by atoms with E-state index in [2.05, 4.69) is 6.92 Å². The number of para-hydroxylation sites is 2. The van der Waals surface area contributed by atoms with Gasteiger partial charge in [0.2, 0.25) is 0 Å². The Kier molecular flexibility index (Phi) is 8.23. The predicted octanol–water partition coefficient (Wildman–Crippen LogP) is 3.36. The molecule has 2 aromatic rings. The molecule has 0 amide bonds. The maximum Gasteiger partial charge on any atom is 0.161 e. The summed E-state index contributed by atoms with van der Waals surface area (Å²) in [4.78, 5) is 0. The first-order chi connectivity index (χ1) is 13.1. The number of hydrogen-bond donors (Lipinski definition) is 2. The minimum Gasteiger partial charge on any atom is -0.493 e. The van der Waals surface area contributed by atoms with Gasteiger partial charge in [0.25, 0.3) is 0 Å². The van der Waals surface area contributed by atoms with Crippen molar-refractivity contribution in [1.29, 1.82) is 0 Å². The van der Waals surface area contributed by atoms with Crippen LogP contribution in [0, 0.1) is 0 Å². The summed E-state index contributed by atoms with van der Waals surface area (Å²) in [5.74, 6) is 2.12. The molecule has 6 nitrogen and oxygen atoms in total. The Bertz CT molecular complexity index is 703. The molecular weight excluding hydrogens is 348 g/mol. The molecule has 6 heteroatoms. The fourth-order valence-corrected chi connectivity index (χ4v) is 2.61. The third kappa shape index (κ3) is 5.52. The predicted molar refractivity (Wildman–Crippen MR) is 103 cm³/mol. The molecule has 0 heterocycles. The number of benzene rings is 2. The lowest BCUT2D eigenvalue weighted by atomic mass is 10.0. The lowest BCUT2D eigenvalue weighted by Gasteiger charge is -2.24. The SMILES string of the molecule is CCCCOc1ccc(C(O)C(CO)Oc2ccccc2OC)cc1OC. The van der Waals surface area contributed by atoms with Crippen molar-refractivity contribution >= 4 is 0 Å². The second-order valence-electron chi connectivity index (χ2n) is 6.05. The lowest BCUT2D eigenvalue weighted by Crippen LogP contribution is -2.29. The Hall–Kier alpha value is -2.44.